The molecule has 0 bridgehead atoms. The summed E-state index contributed by atoms with van der Waals surface area (Å²) in [6.07, 6.45) is 4.98. The van der Waals surface area contributed by atoms with E-state index in [1.54, 1.807) is 17.6 Å². The monoisotopic (exact) mass is 333 g/mol. The maximum atomic E-state index is 12.0. The number of likely N-dealkylation sites (tertiary alicyclic amines) is 1. The molecule has 0 saturated carbocycles. The molecule has 0 aliphatic carbocycles. The summed E-state index contributed by atoms with van der Waals surface area (Å²) in [5, 5.41) is 10.1. The number of hydrogen-bond acceptors (Lipinski definition) is 4. The van der Waals surface area contributed by atoms with E-state index >= 15 is 0 Å². The molecular weight excluding hydrogens is 310 g/mol. The Morgan fingerprint density at radius 3 is 2.87 bits per heavy atom. The fraction of sp³-hybridized carbons (Fsp3) is 0.471. The smallest absolute Gasteiger partial charge is 0.314 e. The van der Waals surface area contributed by atoms with Crippen molar-refractivity contribution in [2.24, 2.45) is 0 Å². The highest BCUT2D eigenvalue weighted by Gasteiger charge is 2.25. The van der Waals surface area contributed by atoms with Crippen molar-refractivity contribution in [3.63, 3.8) is 0 Å². The molecule has 2 aromatic rings. The van der Waals surface area contributed by atoms with Gasteiger partial charge in [0.05, 0.1) is 12.3 Å². The molecule has 0 aromatic carbocycles. The lowest BCUT2D eigenvalue weighted by atomic mass is 10.2. The largest absolute Gasteiger partial charge is 0.468 e. The van der Waals surface area contributed by atoms with Gasteiger partial charge in [0, 0.05) is 13.1 Å². The fourth-order valence-corrected chi connectivity index (χ4v) is 3.65. The van der Waals surface area contributed by atoms with Crippen LogP contribution >= 0.6 is 11.3 Å². The van der Waals surface area contributed by atoms with Gasteiger partial charge in [0.2, 0.25) is 0 Å². The molecule has 1 saturated heterocycles. The Hall–Kier alpha value is -1.79. The van der Waals surface area contributed by atoms with Crippen LogP contribution < -0.4 is 10.6 Å². The molecule has 2 amide bonds. The summed E-state index contributed by atoms with van der Waals surface area (Å²) in [7, 11) is 0. The van der Waals surface area contributed by atoms with Gasteiger partial charge in [0.15, 0.2) is 0 Å². The second-order valence-corrected chi connectivity index (χ2v) is 6.57. The van der Waals surface area contributed by atoms with E-state index in [1.165, 1.54) is 18.4 Å². The van der Waals surface area contributed by atoms with Crippen LogP contribution in [-0.4, -0.2) is 37.1 Å². The van der Waals surface area contributed by atoms with Crippen LogP contribution in [-0.2, 0) is 6.42 Å². The molecule has 2 aromatic heterocycles. The molecule has 3 rings (SSSR count). The maximum Gasteiger partial charge on any atom is 0.314 e. The minimum Gasteiger partial charge on any atom is -0.468 e. The summed E-state index contributed by atoms with van der Waals surface area (Å²) >= 11 is 1.68. The zero-order valence-corrected chi connectivity index (χ0v) is 14.0. The maximum absolute atomic E-state index is 12.0. The van der Waals surface area contributed by atoms with Gasteiger partial charge in [-0.15, -0.1) is 0 Å². The van der Waals surface area contributed by atoms with Crippen molar-refractivity contribution in [1.29, 1.82) is 0 Å². The van der Waals surface area contributed by atoms with Gasteiger partial charge in [-0.3, -0.25) is 4.90 Å². The molecule has 1 fully saturated rings. The predicted octanol–water partition coefficient (Wildman–Crippen LogP) is 3.02. The minimum absolute atomic E-state index is 0.115. The van der Waals surface area contributed by atoms with Crippen LogP contribution in [0.3, 0.4) is 0 Å². The van der Waals surface area contributed by atoms with Crippen LogP contribution in [0.4, 0.5) is 4.79 Å². The lowest BCUT2D eigenvalue weighted by Crippen LogP contribution is -2.42. The van der Waals surface area contributed by atoms with E-state index in [4.69, 9.17) is 4.42 Å². The predicted molar refractivity (Wildman–Crippen MR) is 91.7 cm³/mol. The normalized spacial score (nSPS) is 16.3. The molecule has 1 atom stereocenters. The highest BCUT2D eigenvalue weighted by atomic mass is 32.1. The third kappa shape index (κ3) is 4.59. The first-order chi connectivity index (χ1) is 11.3. The average Bonchev–Trinajstić information content (AvgIpc) is 3.31. The molecule has 5 nitrogen and oxygen atoms in total. The van der Waals surface area contributed by atoms with E-state index in [0.29, 0.717) is 13.1 Å². The van der Waals surface area contributed by atoms with Gasteiger partial charge in [-0.2, -0.15) is 11.3 Å². The molecule has 1 aliphatic heterocycles. The van der Waals surface area contributed by atoms with Crippen LogP contribution in [0.15, 0.2) is 39.6 Å². The van der Waals surface area contributed by atoms with Gasteiger partial charge in [-0.1, -0.05) is 0 Å². The van der Waals surface area contributed by atoms with Gasteiger partial charge < -0.3 is 15.1 Å². The SMILES string of the molecule is O=C(NCCc1ccsc1)NC[C@H](c1ccco1)N1CCCC1. The summed E-state index contributed by atoms with van der Waals surface area (Å²) in [4.78, 5) is 14.4. The van der Waals surface area contributed by atoms with Gasteiger partial charge in [0.25, 0.3) is 0 Å². The third-order valence-corrected chi connectivity index (χ3v) is 4.92. The summed E-state index contributed by atoms with van der Waals surface area (Å²) < 4.78 is 5.56. The van der Waals surface area contributed by atoms with Crippen molar-refractivity contribution in [2.45, 2.75) is 25.3 Å². The molecule has 124 valence electrons. The van der Waals surface area contributed by atoms with E-state index in [-0.39, 0.29) is 12.1 Å². The molecule has 0 unspecified atom stereocenters. The Bertz CT molecular complexity index is 577. The molecule has 23 heavy (non-hydrogen) atoms. The lowest BCUT2D eigenvalue weighted by molar-refractivity contribution is 0.203. The molecular formula is C17H23N3O2S. The van der Waals surface area contributed by atoms with E-state index < -0.39 is 0 Å². The number of carbonyl (C=O) groups excluding carboxylic acids is 1. The first-order valence-corrected chi connectivity index (χ1v) is 9.07. The third-order valence-electron chi connectivity index (χ3n) is 4.19. The van der Waals surface area contributed by atoms with Gasteiger partial charge >= 0.3 is 6.03 Å². The van der Waals surface area contributed by atoms with Crippen LogP contribution in [0.2, 0.25) is 0 Å². The van der Waals surface area contributed by atoms with Gasteiger partial charge in [-0.05, 0) is 66.9 Å². The van der Waals surface area contributed by atoms with Crippen molar-refractivity contribution in [3.8, 4) is 0 Å². The number of nitrogens with one attached hydrogen (secondary N) is 2. The van der Waals surface area contributed by atoms with Crippen LogP contribution in [0.25, 0.3) is 0 Å². The number of hydrogen-bond donors (Lipinski definition) is 2. The van der Waals surface area contributed by atoms with Crippen LogP contribution in [0.1, 0.15) is 30.2 Å². The average molecular weight is 333 g/mol. The van der Waals surface area contributed by atoms with E-state index in [2.05, 4.69) is 32.4 Å². The molecule has 0 radical (unpaired) electrons. The summed E-state index contributed by atoms with van der Waals surface area (Å²) in [5.74, 6) is 0.922. The molecule has 2 N–H and O–H groups in total. The molecule has 3 heterocycles. The summed E-state index contributed by atoms with van der Waals surface area (Å²) in [6.45, 7) is 3.34. The zero-order chi connectivity index (χ0) is 15.9. The van der Waals surface area contributed by atoms with E-state index in [0.717, 1.165) is 25.3 Å². The Labute approximate surface area is 140 Å². The Kier molecular flexibility index (Phi) is 5.71. The fourth-order valence-electron chi connectivity index (χ4n) is 2.95. The second-order valence-electron chi connectivity index (χ2n) is 5.79. The Morgan fingerprint density at radius 2 is 2.17 bits per heavy atom. The molecule has 6 heteroatoms. The number of rotatable bonds is 7. The number of amides is 2. The number of nitrogens with zero attached hydrogens (tertiary/aromatic N) is 1. The molecule has 1 aliphatic rings. The van der Waals surface area contributed by atoms with Crippen molar-refractivity contribution < 1.29 is 9.21 Å². The van der Waals surface area contributed by atoms with Crippen LogP contribution in [0.5, 0.6) is 0 Å². The van der Waals surface area contributed by atoms with Gasteiger partial charge in [0.1, 0.15) is 5.76 Å². The zero-order valence-electron chi connectivity index (χ0n) is 13.2. The second kappa shape index (κ2) is 8.17. The summed E-state index contributed by atoms with van der Waals surface area (Å²) in [6, 6.07) is 5.98. The standard InChI is InChI=1S/C17H23N3O2S/c21-17(18-7-5-14-6-11-23-13-14)19-12-15(16-4-3-10-22-16)20-8-1-2-9-20/h3-4,6,10-11,13,15H,1-2,5,7-9,12H2,(H2,18,19,21)/t15-/m1/s1. The highest BCUT2D eigenvalue weighted by molar-refractivity contribution is 7.07. The first kappa shape index (κ1) is 16.1. The van der Waals surface area contributed by atoms with E-state index in [1.807, 2.05) is 12.1 Å². The highest BCUT2D eigenvalue weighted by Crippen LogP contribution is 2.24. The van der Waals surface area contributed by atoms with Crippen LogP contribution in [0, 0.1) is 0 Å². The van der Waals surface area contributed by atoms with Crippen molar-refractivity contribution in [2.75, 3.05) is 26.2 Å². The van der Waals surface area contributed by atoms with E-state index in [9.17, 15) is 4.79 Å². The minimum atomic E-state index is -0.115. The lowest BCUT2D eigenvalue weighted by Gasteiger charge is -2.26. The van der Waals surface area contributed by atoms with Gasteiger partial charge in [-0.25, -0.2) is 4.79 Å². The number of carbonyl (C=O) groups is 1. The first-order valence-electron chi connectivity index (χ1n) is 8.13. The van der Waals surface area contributed by atoms with Crippen molar-refractivity contribution in [3.05, 3.63) is 46.5 Å². The number of urea groups is 1. The number of thiophene rings is 1. The Balaban J connectivity index is 1.45. The summed E-state index contributed by atoms with van der Waals surface area (Å²) in [5.41, 5.74) is 1.26. The topological polar surface area (TPSA) is 57.5 Å². The Morgan fingerprint density at radius 1 is 1.30 bits per heavy atom. The van der Waals surface area contributed by atoms with Crippen molar-refractivity contribution in [1.82, 2.24) is 15.5 Å². The quantitative estimate of drug-likeness (QED) is 0.819. The van der Waals surface area contributed by atoms with Crippen molar-refractivity contribution >= 4 is 17.4 Å². The number of furan rings is 1. The molecule has 0 spiro atoms.